The van der Waals surface area contributed by atoms with Crippen LogP contribution >= 0.6 is 0 Å². The Morgan fingerprint density at radius 1 is 1.50 bits per heavy atom. The van der Waals surface area contributed by atoms with Crippen LogP contribution < -0.4 is 11.1 Å². The summed E-state index contributed by atoms with van der Waals surface area (Å²) in [7, 11) is 0. The number of aromatic carboxylic acids is 1. The highest BCUT2D eigenvalue weighted by atomic mass is 16.5. The Bertz CT molecular complexity index is 428. The van der Waals surface area contributed by atoms with Crippen molar-refractivity contribution >= 4 is 17.3 Å². The van der Waals surface area contributed by atoms with Crippen LogP contribution in [0.25, 0.3) is 0 Å². The molecular weight excluding hydrogens is 232 g/mol. The molecule has 0 bridgehead atoms. The number of rotatable bonds is 4. The number of anilines is 2. The molecule has 4 N–H and O–H groups in total. The van der Waals surface area contributed by atoms with Crippen molar-refractivity contribution in [2.45, 2.75) is 25.4 Å². The van der Waals surface area contributed by atoms with Gasteiger partial charge < -0.3 is 20.9 Å². The van der Waals surface area contributed by atoms with Crippen molar-refractivity contribution in [3.05, 3.63) is 23.8 Å². The van der Waals surface area contributed by atoms with Crippen molar-refractivity contribution in [3.63, 3.8) is 0 Å². The van der Waals surface area contributed by atoms with E-state index in [2.05, 4.69) is 5.32 Å². The molecule has 18 heavy (non-hydrogen) atoms. The maximum atomic E-state index is 10.9. The van der Waals surface area contributed by atoms with Crippen LogP contribution in [0.2, 0.25) is 0 Å². The summed E-state index contributed by atoms with van der Waals surface area (Å²) in [6, 6.07) is 4.97. The second-order valence-corrected chi connectivity index (χ2v) is 4.44. The lowest BCUT2D eigenvalue weighted by Crippen LogP contribution is -2.27. The molecule has 0 aromatic heterocycles. The summed E-state index contributed by atoms with van der Waals surface area (Å²) in [5.74, 6) is -1.01. The first-order valence-corrected chi connectivity index (χ1v) is 6.15. The Morgan fingerprint density at radius 3 is 3.00 bits per heavy atom. The lowest BCUT2D eigenvalue weighted by molar-refractivity contribution is 0.0248. The van der Waals surface area contributed by atoms with E-state index < -0.39 is 5.97 Å². The second kappa shape index (κ2) is 5.73. The smallest absolute Gasteiger partial charge is 0.337 e. The summed E-state index contributed by atoms with van der Waals surface area (Å²) >= 11 is 0. The minimum Gasteiger partial charge on any atom is -0.478 e. The topological polar surface area (TPSA) is 84.6 Å². The third-order valence-electron chi connectivity index (χ3n) is 3.13. The van der Waals surface area contributed by atoms with Gasteiger partial charge in [0.15, 0.2) is 0 Å². The van der Waals surface area contributed by atoms with Crippen LogP contribution in [0.5, 0.6) is 0 Å². The number of carboxylic acids is 1. The minimum atomic E-state index is -1.01. The first-order valence-electron chi connectivity index (χ1n) is 6.15. The van der Waals surface area contributed by atoms with E-state index in [0.717, 1.165) is 19.4 Å². The average Bonchev–Trinajstić information content (AvgIpc) is 2.38. The third-order valence-corrected chi connectivity index (χ3v) is 3.13. The maximum Gasteiger partial charge on any atom is 0.337 e. The van der Waals surface area contributed by atoms with Crippen molar-refractivity contribution in [1.29, 1.82) is 0 Å². The van der Waals surface area contributed by atoms with Gasteiger partial charge in [-0.1, -0.05) is 6.07 Å². The molecule has 0 saturated carbocycles. The van der Waals surface area contributed by atoms with Gasteiger partial charge in [0, 0.05) is 13.2 Å². The van der Waals surface area contributed by atoms with Gasteiger partial charge in [-0.15, -0.1) is 0 Å². The zero-order chi connectivity index (χ0) is 13.0. The Labute approximate surface area is 106 Å². The third kappa shape index (κ3) is 2.92. The van der Waals surface area contributed by atoms with Gasteiger partial charge in [-0.25, -0.2) is 4.79 Å². The van der Waals surface area contributed by atoms with Gasteiger partial charge in [0.25, 0.3) is 0 Å². The summed E-state index contributed by atoms with van der Waals surface area (Å²) in [4.78, 5) is 10.9. The van der Waals surface area contributed by atoms with Gasteiger partial charge in [0.2, 0.25) is 0 Å². The molecule has 1 heterocycles. The van der Waals surface area contributed by atoms with Crippen molar-refractivity contribution in [2.75, 3.05) is 24.2 Å². The summed E-state index contributed by atoms with van der Waals surface area (Å²) in [5, 5.41) is 12.1. The molecule has 1 aromatic carbocycles. The van der Waals surface area contributed by atoms with E-state index in [1.807, 2.05) is 0 Å². The zero-order valence-corrected chi connectivity index (χ0v) is 10.2. The summed E-state index contributed by atoms with van der Waals surface area (Å²) in [6.07, 6.45) is 3.52. The van der Waals surface area contributed by atoms with Gasteiger partial charge in [-0.2, -0.15) is 0 Å². The SMILES string of the molecule is Nc1c(NCC2CCCCO2)cccc1C(=O)O. The van der Waals surface area contributed by atoms with Gasteiger partial charge in [0.05, 0.1) is 23.0 Å². The van der Waals surface area contributed by atoms with Crippen molar-refractivity contribution in [2.24, 2.45) is 0 Å². The molecule has 2 rings (SSSR count). The first kappa shape index (κ1) is 12.7. The van der Waals surface area contributed by atoms with Gasteiger partial charge in [0.1, 0.15) is 0 Å². The largest absolute Gasteiger partial charge is 0.478 e. The summed E-state index contributed by atoms with van der Waals surface area (Å²) < 4.78 is 5.60. The average molecular weight is 250 g/mol. The van der Waals surface area contributed by atoms with Crippen LogP contribution in [0.4, 0.5) is 11.4 Å². The lowest BCUT2D eigenvalue weighted by atomic mass is 10.1. The second-order valence-electron chi connectivity index (χ2n) is 4.44. The van der Waals surface area contributed by atoms with Crippen LogP contribution in [0.3, 0.4) is 0 Å². The lowest BCUT2D eigenvalue weighted by Gasteiger charge is -2.23. The fourth-order valence-corrected chi connectivity index (χ4v) is 2.10. The Balaban J connectivity index is 2.00. The molecule has 98 valence electrons. The molecule has 0 radical (unpaired) electrons. The number of para-hydroxylation sites is 1. The summed E-state index contributed by atoms with van der Waals surface area (Å²) in [6.45, 7) is 1.46. The van der Waals surface area contributed by atoms with Crippen molar-refractivity contribution in [3.8, 4) is 0 Å². The van der Waals surface area contributed by atoms with Crippen LogP contribution in [0, 0.1) is 0 Å². The van der Waals surface area contributed by atoms with Crippen LogP contribution in [0.1, 0.15) is 29.6 Å². The molecule has 0 aliphatic carbocycles. The molecule has 0 spiro atoms. The van der Waals surface area contributed by atoms with Gasteiger partial charge in [-0.3, -0.25) is 0 Å². The highest BCUT2D eigenvalue weighted by molar-refractivity contribution is 5.97. The fraction of sp³-hybridized carbons (Fsp3) is 0.462. The highest BCUT2D eigenvalue weighted by Gasteiger charge is 2.15. The van der Waals surface area contributed by atoms with E-state index in [9.17, 15) is 4.79 Å². The van der Waals surface area contributed by atoms with E-state index in [0.29, 0.717) is 12.2 Å². The maximum absolute atomic E-state index is 10.9. The number of nitrogens with two attached hydrogens (primary N) is 1. The highest BCUT2D eigenvalue weighted by Crippen LogP contribution is 2.23. The van der Waals surface area contributed by atoms with Gasteiger partial charge >= 0.3 is 5.97 Å². The molecule has 0 amide bonds. The number of benzene rings is 1. The van der Waals surface area contributed by atoms with Crippen molar-refractivity contribution < 1.29 is 14.6 Å². The number of carbonyl (C=O) groups is 1. The number of nitrogen functional groups attached to an aromatic ring is 1. The predicted octanol–water partition coefficient (Wildman–Crippen LogP) is 1.95. The number of nitrogens with one attached hydrogen (secondary N) is 1. The number of hydrogen-bond donors (Lipinski definition) is 3. The quantitative estimate of drug-likeness (QED) is 0.711. The van der Waals surface area contributed by atoms with E-state index in [4.69, 9.17) is 15.6 Å². The fourth-order valence-electron chi connectivity index (χ4n) is 2.10. The first-order chi connectivity index (χ1) is 8.68. The normalized spacial score (nSPS) is 19.4. The number of ether oxygens (including phenoxy) is 1. The molecule has 1 saturated heterocycles. The Kier molecular flexibility index (Phi) is 4.04. The molecule has 1 atom stereocenters. The van der Waals surface area contributed by atoms with E-state index in [1.165, 1.54) is 12.5 Å². The van der Waals surface area contributed by atoms with E-state index in [1.54, 1.807) is 12.1 Å². The van der Waals surface area contributed by atoms with Gasteiger partial charge in [-0.05, 0) is 31.4 Å². The number of hydrogen-bond acceptors (Lipinski definition) is 4. The minimum absolute atomic E-state index is 0.129. The standard InChI is InChI=1S/C13H18N2O3/c14-12-10(13(16)17)5-3-6-11(12)15-8-9-4-1-2-7-18-9/h3,5-6,9,15H,1-2,4,7-8,14H2,(H,16,17). The van der Waals surface area contributed by atoms with Crippen LogP contribution in [-0.2, 0) is 4.74 Å². The molecule has 5 heteroatoms. The molecular formula is C13H18N2O3. The molecule has 1 fully saturated rings. The van der Waals surface area contributed by atoms with Crippen LogP contribution in [-0.4, -0.2) is 30.3 Å². The van der Waals surface area contributed by atoms with Crippen LogP contribution in [0.15, 0.2) is 18.2 Å². The number of carboxylic acid groups (broad SMARTS) is 1. The van der Waals surface area contributed by atoms with Crippen molar-refractivity contribution in [1.82, 2.24) is 0 Å². The molecule has 1 unspecified atom stereocenters. The molecule has 5 nitrogen and oxygen atoms in total. The van der Waals surface area contributed by atoms with E-state index in [-0.39, 0.29) is 17.4 Å². The Hall–Kier alpha value is -1.75. The Morgan fingerprint density at radius 2 is 2.33 bits per heavy atom. The zero-order valence-electron chi connectivity index (χ0n) is 10.2. The monoisotopic (exact) mass is 250 g/mol. The molecule has 1 aliphatic heterocycles. The predicted molar refractivity (Wildman–Crippen MR) is 69.9 cm³/mol. The van der Waals surface area contributed by atoms with E-state index >= 15 is 0 Å². The molecule has 1 aromatic rings. The molecule has 1 aliphatic rings. The summed E-state index contributed by atoms with van der Waals surface area (Å²) in [5.41, 5.74) is 6.88.